The highest BCUT2D eigenvalue weighted by molar-refractivity contribution is 6.99. The van der Waals surface area contributed by atoms with E-state index in [1.165, 1.54) is 7.11 Å². The van der Waals surface area contributed by atoms with Crippen molar-refractivity contribution in [3.63, 3.8) is 0 Å². The Bertz CT molecular complexity index is 942. The van der Waals surface area contributed by atoms with Gasteiger partial charge in [-0.05, 0) is 52.4 Å². The van der Waals surface area contributed by atoms with E-state index in [0.29, 0.717) is 0 Å². The van der Waals surface area contributed by atoms with Crippen molar-refractivity contribution >= 4 is 86.8 Å². The van der Waals surface area contributed by atoms with Crippen LogP contribution in [0.4, 0.5) is 0 Å². The van der Waals surface area contributed by atoms with Crippen molar-refractivity contribution in [2.45, 2.75) is 98.2 Å². The summed E-state index contributed by atoms with van der Waals surface area (Å²) in [6.45, 7) is 29.0. The SMILES string of the molecule is CO[Si@]1(C)O[Si]2(C)O[Si](C)(O[Si](C)(C)C)O[Si]3(C)O[Si](C)(O[Si](C)(C)O[Si](C)(C)C)O[Si@@](C)(O[Si](C)(O3)O2)O1. The molecule has 0 spiro atoms. The molecular formula is C16H48O13Si10. The molecule has 39 heavy (non-hydrogen) atoms. The molecule has 0 saturated carbocycles. The first-order valence-corrected chi connectivity index (χ1v) is 38.2. The van der Waals surface area contributed by atoms with Crippen molar-refractivity contribution in [2.75, 3.05) is 7.11 Å². The quantitative estimate of drug-likeness (QED) is 0.349. The molecule has 23 heteroatoms. The van der Waals surface area contributed by atoms with Gasteiger partial charge in [0.1, 0.15) is 0 Å². The summed E-state index contributed by atoms with van der Waals surface area (Å²) in [7, 11) is -30.5. The van der Waals surface area contributed by atoms with Gasteiger partial charge in [0.25, 0.3) is 0 Å². The predicted molar refractivity (Wildman–Crippen MR) is 166 cm³/mol. The van der Waals surface area contributed by atoms with E-state index in [0.717, 1.165) is 0 Å². The van der Waals surface area contributed by atoms with Crippen LogP contribution in [-0.4, -0.2) is 93.9 Å². The standard InChI is InChI=1S/C16H48O13Si10/c1-17-33(10)21-36(13)23-34(11,19-31(5,6)7)24-38(15)26-35(12,20-32(8,9)18-30(2,3)4)25-37(14,22-33)28-39(16,27-36)29-38/h1-16H3/t33-,34?,35?,36?,37+,38?,39?/m1/s1. The van der Waals surface area contributed by atoms with Crippen molar-refractivity contribution < 1.29 is 53.8 Å². The van der Waals surface area contributed by atoms with Gasteiger partial charge in [-0.2, -0.15) is 0 Å². The Balaban J connectivity index is 2.20. The maximum absolute atomic E-state index is 6.82. The Morgan fingerprint density at radius 2 is 0.718 bits per heavy atom. The van der Waals surface area contributed by atoms with Crippen LogP contribution in [0.5, 0.6) is 0 Å². The summed E-state index contributed by atoms with van der Waals surface area (Å²) in [5.41, 5.74) is 0. The minimum absolute atomic E-state index is 1.53. The zero-order valence-electron chi connectivity index (χ0n) is 26.3. The van der Waals surface area contributed by atoms with E-state index in [1.807, 2.05) is 19.6 Å². The molecule has 230 valence electrons. The van der Waals surface area contributed by atoms with Crippen LogP contribution < -0.4 is 0 Å². The van der Waals surface area contributed by atoms with E-state index in [-0.39, 0.29) is 0 Å². The number of hydrogen-bond acceptors (Lipinski definition) is 13. The highest BCUT2D eigenvalue weighted by Gasteiger charge is 2.73. The van der Waals surface area contributed by atoms with Gasteiger partial charge in [-0.15, -0.1) is 0 Å². The van der Waals surface area contributed by atoms with Gasteiger partial charge in [-0.25, -0.2) is 0 Å². The smallest absolute Gasteiger partial charge is 0.437 e. The molecule has 3 saturated heterocycles. The van der Waals surface area contributed by atoms with E-state index < -0.39 is 86.8 Å². The molecule has 3 fully saturated rings. The van der Waals surface area contributed by atoms with E-state index in [1.54, 1.807) is 39.3 Å². The fourth-order valence-electron chi connectivity index (χ4n) is 5.27. The molecule has 0 amide bonds. The lowest BCUT2D eigenvalue weighted by Gasteiger charge is -2.55. The molecule has 0 aromatic rings. The van der Waals surface area contributed by atoms with Crippen LogP contribution in [0.3, 0.4) is 0 Å². The van der Waals surface area contributed by atoms with Crippen LogP contribution in [0.1, 0.15) is 0 Å². The average Bonchev–Trinajstić information content (AvgIpc) is 2.49. The zero-order chi connectivity index (χ0) is 30.2. The van der Waals surface area contributed by atoms with Crippen molar-refractivity contribution in [3.8, 4) is 0 Å². The van der Waals surface area contributed by atoms with Gasteiger partial charge in [0.05, 0.1) is 0 Å². The summed E-state index contributed by atoms with van der Waals surface area (Å²) in [6.07, 6.45) is 0. The average molecular weight is 729 g/mol. The van der Waals surface area contributed by atoms with Crippen molar-refractivity contribution in [3.05, 3.63) is 0 Å². The van der Waals surface area contributed by atoms with Gasteiger partial charge < -0.3 is 53.8 Å². The zero-order valence-corrected chi connectivity index (χ0v) is 36.3. The highest BCUT2D eigenvalue weighted by Crippen LogP contribution is 2.43. The second kappa shape index (κ2) is 10.6. The van der Waals surface area contributed by atoms with Crippen LogP contribution >= 0.6 is 0 Å². The van der Waals surface area contributed by atoms with Gasteiger partial charge in [0.2, 0.25) is 0 Å². The first-order chi connectivity index (χ1) is 17.0. The third-order valence-corrected chi connectivity index (χ3v) is 44.4. The van der Waals surface area contributed by atoms with Crippen LogP contribution in [0.25, 0.3) is 0 Å². The van der Waals surface area contributed by atoms with Crippen LogP contribution in [0.2, 0.25) is 98.2 Å². The molecule has 4 bridgehead atoms. The fraction of sp³-hybridized carbons (Fsp3) is 1.00. The summed E-state index contributed by atoms with van der Waals surface area (Å²) in [6, 6.07) is 0. The summed E-state index contributed by atoms with van der Waals surface area (Å²) >= 11 is 0. The topological polar surface area (TPSA) is 120 Å². The number of rotatable bonds is 7. The molecule has 7 atom stereocenters. The minimum atomic E-state index is -3.66. The Labute approximate surface area is 245 Å². The predicted octanol–water partition coefficient (Wildman–Crippen LogP) is 4.23. The van der Waals surface area contributed by atoms with Crippen molar-refractivity contribution in [1.29, 1.82) is 0 Å². The lowest BCUT2D eigenvalue weighted by Crippen LogP contribution is -2.80. The summed E-state index contributed by atoms with van der Waals surface area (Å²) in [5.74, 6) is 0. The number of hydrogen-bond donors (Lipinski definition) is 0. The lowest BCUT2D eigenvalue weighted by molar-refractivity contribution is 0.0185. The Morgan fingerprint density at radius 3 is 1.03 bits per heavy atom. The van der Waals surface area contributed by atoms with E-state index in [2.05, 4.69) is 39.3 Å². The maximum atomic E-state index is 6.82. The number of fused-ring (bicyclic) bond motifs is 3. The second-order valence-electron chi connectivity index (χ2n) is 13.1. The van der Waals surface area contributed by atoms with Gasteiger partial charge in [-0.3, -0.25) is 0 Å². The molecule has 5 unspecified atom stereocenters. The minimum Gasteiger partial charge on any atom is -0.437 e. The molecule has 0 aromatic heterocycles. The third-order valence-electron chi connectivity index (χ3n) is 5.18. The van der Waals surface area contributed by atoms with E-state index in [9.17, 15) is 0 Å². The Hall–Kier alpha value is 1.65. The van der Waals surface area contributed by atoms with E-state index in [4.69, 9.17) is 53.8 Å². The van der Waals surface area contributed by atoms with Gasteiger partial charge in [0, 0.05) is 52.9 Å². The van der Waals surface area contributed by atoms with Gasteiger partial charge in [0.15, 0.2) is 16.6 Å². The fourth-order valence-corrected chi connectivity index (χ4v) is 54.9. The third kappa shape index (κ3) is 9.57. The first-order valence-electron chi connectivity index (χ1n) is 13.0. The Kier molecular flexibility index (Phi) is 9.57. The van der Waals surface area contributed by atoms with Gasteiger partial charge in [-0.1, -0.05) is 0 Å². The van der Waals surface area contributed by atoms with Crippen molar-refractivity contribution in [1.82, 2.24) is 0 Å². The molecule has 3 heterocycles. The summed E-state index contributed by atoms with van der Waals surface area (Å²) in [5, 5.41) is 0. The van der Waals surface area contributed by atoms with Crippen LogP contribution in [0.15, 0.2) is 0 Å². The maximum Gasteiger partial charge on any atom is 0.482 e. The molecule has 0 aliphatic carbocycles. The van der Waals surface area contributed by atoms with Gasteiger partial charge >= 0.3 is 70.2 Å². The van der Waals surface area contributed by atoms with Crippen LogP contribution in [0, 0.1) is 0 Å². The molecule has 0 N–H and O–H groups in total. The van der Waals surface area contributed by atoms with E-state index >= 15 is 0 Å². The molecule has 3 aliphatic heterocycles. The highest BCUT2D eigenvalue weighted by atomic mass is 28.6. The molecular weight excluding hydrogens is 681 g/mol. The molecule has 3 rings (SSSR count). The second-order valence-corrected chi connectivity index (χ2v) is 46.6. The lowest BCUT2D eigenvalue weighted by atomic mass is 11.8. The monoisotopic (exact) mass is 728 g/mol. The van der Waals surface area contributed by atoms with Crippen molar-refractivity contribution in [2.24, 2.45) is 0 Å². The first kappa shape index (κ1) is 35.1. The molecule has 13 nitrogen and oxygen atoms in total. The molecule has 0 radical (unpaired) electrons. The normalized spacial score (nSPS) is 46.2. The Morgan fingerprint density at radius 1 is 0.410 bits per heavy atom. The summed E-state index contributed by atoms with van der Waals surface area (Å²) < 4.78 is 85.9. The molecule has 3 aliphatic rings. The largest absolute Gasteiger partial charge is 0.482 e. The summed E-state index contributed by atoms with van der Waals surface area (Å²) in [4.78, 5) is 0. The van der Waals surface area contributed by atoms with Crippen LogP contribution in [-0.2, 0) is 53.8 Å². The molecule has 0 aromatic carbocycles.